The molecule has 2 unspecified atom stereocenters. The van der Waals surface area contributed by atoms with Crippen LogP contribution in [0.2, 0.25) is 0 Å². The van der Waals surface area contributed by atoms with Crippen molar-refractivity contribution in [1.29, 1.82) is 5.26 Å². The van der Waals surface area contributed by atoms with Crippen LogP contribution < -0.4 is 5.32 Å². The Kier molecular flexibility index (Phi) is 4.26. The Hall–Kier alpha value is -0.630. The number of nitriles is 1. The van der Waals surface area contributed by atoms with Crippen molar-refractivity contribution < 1.29 is 0 Å². The lowest BCUT2D eigenvalue weighted by atomic mass is 9.93. The van der Waals surface area contributed by atoms with Gasteiger partial charge in [0.05, 0.1) is 6.07 Å². The van der Waals surface area contributed by atoms with Crippen LogP contribution >= 0.6 is 0 Å². The Balaban J connectivity index is 1.97. The lowest BCUT2D eigenvalue weighted by Gasteiger charge is -2.40. The fourth-order valence-corrected chi connectivity index (χ4v) is 3.12. The summed E-state index contributed by atoms with van der Waals surface area (Å²) >= 11 is 0. The molecule has 1 saturated heterocycles. The number of nitrogens with zero attached hydrogens (tertiary/aromatic N) is 3. The molecule has 0 aromatic rings. The van der Waals surface area contributed by atoms with E-state index in [-0.39, 0.29) is 5.54 Å². The summed E-state index contributed by atoms with van der Waals surface area (Å²) in [6.07, 6.45) is 4.95. The van der Waals surface area contributed by atoms with Gasteiger partial charge >= 0.3 is 0 Å². The molecule has 0 radical (unpaired) electrons. The van der Waals surface area contributed by atoms with E-state index in [1.807, 2.05) is 7.05 Å². The lowest BCUT2D eigenvalue weighted by molar-refractivity contribution is 0.109. The molecular formula is C14H26N4. The number of rotatable bonds is 5. The molecule has 18 heavy (non-hydrogen) atoms. The van der Waals surface area contributed by atoms with Gasteiger partial charge in [-0.15, -0.1) is 0 Å². The zero-order valence-electron chi connectivity index (χ0n) is 11.9. The maximum absolute atomic E-state index is 9.54. The van der Waals surface area contributed by atoms with E-state index in [4.69, 9.17) is 0 Å². The topological polar surface area (TPSA) is 42.3 Å². The number of piperidine rings is 1. The average molecular weight is 250 g/mol. The predicted molar refractivity (Wildman–Crippen MR) is 73.3 cm³/mol. The molecule has 2 atom stereocenters. The highest BCUT2D eigenvalue weighted by molar-refractivity contribution is 5.16. The second kappa shape index (κ2) is 5.56. The van der Waals surface area contributed by atoms with Crippen molar-refractivity contribution in [3.05, 3.63) is 0 Å². The number of hydrogen-bond acceptors (Lipinski definition) is 4. The Morgan fingerprint density at radius 3 is 2.61 bits per heavy atom. The zero-order chi connectivity index (χ0) is 13.2. The summed E-state index contributed by atoms with van der Waals surface area (Å²) in [5.74, 6) is 0.562. The fourth-order valence-electron chi connectivity index (χ4n) is 3.12. The second-order valence-corrected chi connectivity index (χ2v) is 6.10. The smallest absolute Gasteiger partial charge is 0.122 e. The summed E-state index contributed by atoms with van der Waals surface area (Å²) in [4.78, 5) is 4.79. The molecule has 2 aliphatic rings. The van der Waals surface area contributed by atoms with Gasteiger partial charge in [0, 0.05) is 19.1 Å². The van der Waals surface area contributed by atoms with E-state index < -0.39 is 0 Å². The quantitative estimate of drug-likeness (QED) is 0.787. The first-order valence-electron chi connectivity index (χ1n) is 7.10. The molecule has 0 aromatic heterocycles. The minimum atomic E-state index is -0.311. The highest BCUT2D eigenvalue weighted by Gasteiger charge is 2.46. The normalized spacial score (nSPS) is 28.9. The van der Waals surface area contributed by atoms with Crippen molar-refractivity contribution in [3.8, 4) is 6.07 Å². The number of hydrogen-bond donors (Lipinski definition) is 1. The Morgan fingerprint density at radius 1 is 1.39 bits per heavy atom. The van der Waals surface area contributed by atoms with Crippen LogP contribution in [0.3, 0.4) is 0 Å². The molecule has 1 N–H and O–H groups in total. The van der Waals surface area contributed by atoms with Gasteiger partial charge in [-0.3, -0.25) is 4.90 Å². The maximum atomic E-state index is 9.54. The summed E-state index contributed by atoms with van der Waals surface area (Å²) in [6, 6.07) is 3.20. The van der Waals surface area contributed by atoms with E-state index in [0.717, 1.165) is 19.6 Å². The van der Waals surface area contributed by atoms with Crippen molar-refractivity contribution in [2.45, 2.75) is 37.3 Å². The summed E-state index contributed by atoms with van der Waals surface area (Å²) in [7, 11) is 6.25. The Bertz CT molecular complexity index is 318. The third-order valence-electron chi connectivity index (χ3n) is 4.60. The third-order valence-corrected chi connectivity index (χ3v) is 4.60. The first-order chi connectivity index (χ1) is 8.61. The molecule has 0 amide bonds. The molecule has 1 aliphatic heterocycles. The predicted octanol–water partition coefficient (Wildman–Crippen LogP) is 0.904. The van der Waals surface area contributed by atoms with Crippen LogP contribution in [0.25, 0.3) is 0 Å². The molecule has 1 aliphatic carbocycles. The van der Waals surface area contributed by atoms with E-state index in [2.05, 4.69) is 35.3 Å². The van der Waals surface area contributed by atoms with E-state index >= 15 is 0 Å². The molecule has 0 aromatic carbocycles. The zero-order valence-corrected chi connectivity index (χ0v) is 11.9. The highest BCUT2D eigenvalue weighted by atomic mass is 15.2. The van der Waals surface area contributed by atoms with Crippen LogP contribution in [0.15, 0.2) is 0 Å². The SMILES string of the molecule is CNC(C#N)(CN1CCCC(N(C)C)C1)C1CC1. The van der Waals surface area contributed by atoms with Gasteiger partial charge in [0.25, 0.3) is 0 Å². The van der Waals surface area contributed by atoms with Crippen LogP contribution in [-0.2, 0) is 0 Å². The first kappa shape index (κ1) is 13.8. The van der Waals surface area contributed by atoms with Gasteiger partial charge in [-0.2, -0.15) is 5.26 Å². The number of nitrogens with one attached hydrogen (secondary N) is 1. The molecule has 4 nitrogen and oxygen atoms in total. The summed E-state index contributed by atoms with van der Waals surface area (Å²) < 4.78 is 0. The van der Waals surface area contributed by atoms with E-state index in [0.29, 0.717) is 12.0 Å². The van der Waals surface area contributed by atoms with Crippen LogP contribution in [0, 0.1) is 17.2 Å². The molecule has 0 spiro atoms. The monoisotopic (exact) mass is 250 g/mol. The van der Waals surface area contributed by atoms with Crippen molar-refractivity contribution >= 4 is 0 Å². The molecular weight excluding hydrogens is 224 g/mol. The maximum Gasteiger partial charge on any atom is 0.122 e. The van der Waals surface area contributed by atoms with Gasteiger partial charge in [0.1, 0.15) is 5.54 Å². The largest absolute Gasteiger partial charge is 0.305 e. The van der Waals surface area contributed by atoms with Gasteiger partial charge in [-0.05, 0) is 59.3 Å². The number of likely N-dealkylation sites (N-methyl/N-ethyl adjacent to an activating group) is 2. The number of likely N-dealkylation sites (tertiary alicyclic amines) is 1. The van der Waals surface area contributed by atoms with Crippen molar-refractivity contribution in [2.75, 3.05) is 40.8 Å². The van der Waals surface area contributed by atoms with Crippen LogP contribution in [0.5, 0.6) is 0 Å². The van der Waals surface area contributed by atoms with Crippen molar-refractivity contribution in [3.63, 3.8) is 0 Å². The minimum Gasteiger partial charge on any atom is -0.305 e. The summed E-state index contributed by atoms with van der Waals surface area (Å²) in [6.45, 7) is 3.13. The second-order valence-electron chi connectivity index (χ2n) is 6.10. The summed E-state index contributed by atoms with van der Waals surface area (Å²) in [5.41, 5.74) is -0.311. The van der Waals surface area contributed by atoms with Gasteiger partial charge in [-0.25, -0.2) is 0 Å². The lowest BCUT2D eigenvalue weighted by Crippen LogP contribution is -2.56. The van der Waals surface area contributed by atoms with E-state index in [1.165, 1.54) is 25.7 Å². The average Bonchev–Trinajstić information content (AvgIpc) is 3.21. The first-order valence-corrected chi connectivity index (χ1v) is 7.10. The summed E-state index contributed by atoms with van der Waals surface area (Å²) in [5, 5.41) is 12.8. The molecule has 0 bridgehead atoms. The van der Waals surface area contributed by atoms with Crippen LogP contribution in [-0.4, -0.2) is 62.2 Å². The van der Waals surface area contributed by atoms with Gasteiger partial charge in [-0.1, -0.05) is 0 Å². The molecule has 2 fully saturated rings. The third kappa shape index (κ3) is 2.85. The standard InChI is InChI=1S/C14H26N4/c1-16-14(10-15,12-6-7-12)11-18-8-4-5-13(9-18)17(2)3/h12-13,16H,4-9,11H2,1-3H3. The van der Waals surface area contributed by atoms with E-state index in [1.54, 1.807) is 0 Å². The van der Waals surface area contributed by atoms with E-state index in [9.17, 15) is 5.26 Å². The van der Waals surface area contributed by atoms with Crippen molar-refractivity contribution in [1.82, 2.24) is 15.1 Å². The highest BCUT2D eigenvalue weighted by Crippen LogP contribution is 2.40. The molecule has 1 saturated carbocycles. The van der Waals surface area contributed by atoms with Gasteiger partial charge < -0.3 is 10.2 Å². The molecule has 2 rings (SSSR count). The van der Waals surface area contributed by atoms with Crippen LogP contribution in [0.4, 0.5) is 0 Å². The van der Waals surface area contributed by atoms with Crippen LogP contribution in [0.1, 0.15) is 25.7 Å². The fraction of sp³-hybridized carbons (Fsp3) is 0.929. The molecule has 1 heterocycles. The van der Waals surface area contributed by atoms with Crippen molar-refractivity contribution in [2.24, 2.45) is 5.92 Å². The molecule has 4 heteroatoms. The Morgan fingerprint density at radius 2 is 2.11 bits per heavy atom. The minimum absolute atomic E-state index is 0.311. The Labute approximate surface area is 111 Å². The van der Waals surface area contributed by atoms with Gasteiger partial charge in [0.2, 0.25) is 0 Å². The van der Waals surface area contributed by atoms with Gasteiger partial charge in [0.15, 0.2) is 0 Å². The molecule has 102 valence electrons.